The van der Waals surface area contributed by atoms with E-state index >= 15 is 0 Å². The smallest absolute Gasteiger partial charge is 0.262 e. The van der Waals surface area contributed by atoms with E-state index in [2.05, 4.69) is 17.6 Å². The number of nitrogens with one attached hydrogen (secondary N) is 2. The summed E-state index contributed by atoms with van der Waals surface area (Å²) < 4.78 is 10.8. The van der Waals surface area contributed by atoms with E-state index in [1.54, 1.807) is 24.3 Å². The molecule has 1 heterocycles. The summed E-state index contributed by atoms with van der Waals surface area (Å²) in [6.45, 7) is 2.65. The summed E-state index contributed by atoms with van der Waals surface area (Å²) in [6.07, 6.45) is 2.26. The molecule has 1 saturated heterocycles. The first-order valence-electron chi connectivity index (χ1n) is 9.18. The van der Waals surface area contributed by atoms with E-state index in [-0.39, 0.29) is 24.5 Å². The van der Waals surface area contributed by atoms with E-state index in [9.17, 15) is 9.59 Å². The predicted octanol–water partition coefficient (Wildman–Crippen LogP) is 3.38. The maximum atomic E-state index is 12.0. The molecular weight excluding hydrogens is 344 g/mol. The van der Waals surface area contributed by atoms with Crippen molar-refractivity contribution < 1.29 is 19.1 Å². The molecule has 142 valence electrons. The SMILES string of the molecule is CCc1ccc(OCC(=O)Nc2ccc(NC(=O)C3CCCO3)cc2)cc1. The number of hydrogen-bond acceptors (Lipinski definition) is 4. The Kier molecular flexibility index (Phi) is 6.44. The molecule has 3 rings (SSSR count). The average molecular weight is 368 g/mol. The number of ether oxygens (including phenoxy) is 2. The van der Waals surface area contributed by atoms with Crippen molar-refractivity contribution in [1.82, 2.24) is 0 Å². The van der Waals surface area contributed by atoms with Crippen molar-refractivity contribution in [3.05, 3.63) is 54.1 Å². The highest BCUT2D eigenvalue weighted by Gasteiger charge is 2.23. The molecule has 1 atom stereocenters. The molecule has 27 heavy (non-hydrogen) atoms. The molecule has 2 aromatic carbocycles. The first-order valence-corrected chi connectivity index (χ1v) is 9.18. The van der Waals surface area contributed by atoms with Crippen LogP contribution in [0.25, 0.3) is 0 Å². The zero-order chi connectivity index (χ0) is 19.1. The van der Waals surface area contributed by atoms with Crippen LogP contribution in [-0.4, -0.2) is 31.1 Å². The molecule has 1 aliphatic heterocycles. The highest BCUT2D eigenvalue weighted by Crippen LogP contribution is 2.17. The van der Waals surface area contributed by atoms with Crippen LogP contribution >= 0.6 is 0 Å². The van der Waals surface area contributed by atoms with Crippen molar-refractivity contribution in [2.45, 2.75) is 32.3 Å². The van der Waals surface area contributed by atoms with Gasteiger partial charge in [0, 0.05) is 18.0 Å². The predicted molar refractivity (Wildman–Crippen MR) is 104 cm³/mol. The Morgan fingerprint density at radius 1 is 1.04 bits per heavy atom. The third kappa shape index (κ3) is 5.56. The van der Waals surface area contributed by atoms with Gasteiger partial charge in [-0.05, 0) is 61.2 Å². The summed E-state index contributed by atoms with van der Waals surface area (Å²) in [5, 5.41) is 5.59. The minimum atomic E-state index is -0.368. The standard InChI is InChI=1S/C21H24N2O4/c1-2-15-5-11-18(12-6-15)27-14-20(24)22-16-7-9-17(10-8-16)23-21(25)19-4-3-13-26-19/h5-12,19H,2-4,13-14H2,1H3,(H,22,24)(H,23,25). The average Bonchev–Trinajstić information content (AvgIpc) is 3.23. The molecule has 1 fully saturated rings. The van der Waals surface area contributed by atoms with Crippen molar-refractivity contribution in [2.24, 2.45) is 0 Å². The van der Waals surface area contributed by atoms with Gasteiger partial charge in [0.15, 0.2) is 6.61 Å². The monoisotopic (exact) mass is 368 g/mol. The van der Waals surface area contributed by atoms with Crippen molar-refractivity contribution >= 4 is 23.2 Å². The number of carbonyl (C=O) groups excluding carboxylic acids is 2. The number of hydrogen-bond donors (Lipinski definition) is 2. The molecule has 0 aliphatic carbocycles. The number of amides is 2. The first-order chi connectivity index (χ1) is 13.1. The lowest BCUT2D eigenvalue weighted by Gasteiger charge is -2.11. The van der Waals surface area contributed by atoms with Gasteiger partial charge in [-0.3, -0.25) is 9.59 Å². The zero-order valence-electron chi connectivity index (χ0n) is 15.4. The van der Waals surface area contributed by atoms with Crippen molar-refractivity contribution in [2.75, 3.05) is 23.8 Å². The third-order valence-corrected chi connectivity index (χ3v) is 4.36. The van der Waals surface area contributed by atoms with E-state index in [1.807, 2.05) is 24.3 Å². The lowest BCUT2D eigenvalue weighted by atomic mass is 10.2. The van der Waals surface area contributed by atoms with Crippen LogP contribution < -0.4 is 15.4 Å². The Labute approximate surface area is 158 Å². The molecule has 0 aromatic heterocycles. The molecule has 2 aromatic rings. The first kappa shape index (κ1) is 18.9. The molecule has 2 N–H and O–H groups in total. The van der Waals surface area contributed by atoms with Gasteiger partial charge < -0.3 is 20.1 Å². The highest BCUT2D eigenvalue weighted by atomic mass is 16.5. The molecule has 1 aliphatic rings. The number of benzene rings is 2. The Bertz CT molecular complexity index is 766. The Morgan fingerprint density at radius 2 is 1.70 bits per heavy atom. The van der Waals surface area contributed by atoms with E-state index < -0.39 is 0 Å². The lowest BCUT2D eigenvalue weighted by molar-refractivity contribution is -0.124. The Hall–Kier alpha value is -2.86. The van der Waals surface area contributed by atoms with Gasteiger partial charge in [-0.15, -0.1) is 0 Å². The van der Waals surface area contributed by atoms with Gasteiger partial charge in [-0.1, -0.05) is 19.1 Å². The number of aryl methyl sites for hydroxylation is 1. The quantitative estimate of drug-likeness (QED) is 0.785. The Balaban J connectivity index is 1.45. The van der Waals surface area contributed by atoms with Gasteiger partial charge in [0.2, 0.25) is 0 Å². The van der Waals surface area contributed by atoms with Crippen LogP contribution in [0.15, 0.2) is 48.5 Å². The van der Waals surface area contributed by atoms with Crippen molar-refractivity contribution in [3.8, 4) is 5.75 Å². The van der Waals surface area contributed by atoms with Crippen LogP contribution in [0.2, 0.25) is 0 Å². The summed E-state index contributed by atoms with van der Waals surface area (Å²) in [5.41, 5.74) is 2.53. The third-order valence-electron chi connectivity index (χ3n) is 4.36. The zero-order valence-corrected chi connectivity index (χ0v) is 15.4. The molecule has 0 radical (unpaired) electrons. The molecule has 0 saturated carbocycles. The molecule has 6 nitrogen and oxygen atoms in total. The van der Waals surface area contributed by atoms with Crippen LogP contribution in [0.4, 0.5) is 11.4 Å². The number of anilines is 2. The van der Waals surface area contributed by atoms with E-state index in [4.69, 9.17) is 9.47 Å². The second kappa shape index (κ2) is 9.19. The fourth-order valence-corrected chi connectivity index (χ4v) is 2.81. The summed E-state index contributed by atoms with van der Waals surface area (Å²) in [5.74, 6) is 0.284. The fraction of sp³-hybridized carbons (Fsp3) is 0.333. The normalized spacial score (nSPS) is 16.0. The molecule has 0 bridgehead atoms. The van der Waals surface area contributed by atoms with E-state index in [0.29, 0.717) is 23.7 Å². The second-order valence-corrected chi connectivity index (χ2v) is 6.40. The Morgan fingerprint density at radius 3 is 2.30 bits per heavy atom. The van der Waals surface area contributed by atoms with Gasteiger partial charge in [-0.2, -0.15) is 0 Å². The lowest BCUT2D eigenvalue weighted by Crippen LogP contribution is -2.26. The maximum absolute atomic E-state index is 12.0. The minimum absolute atomic E-state index is 0.0665. The van der Waals surface area contributed by atoms with Gasteiger partial charge in [0.1, 0.15) is 11.9 Å². The van der Waals surface area contributed by atoms with Crippen LogP contribution in [0.5, 0.6) is 5.75 Å². The van der Waals surface area contributed by atoms with Gasteiger partial charge in [0.25, 0.3) is 11.8 Å². The molecule has 1 unspecified atom stereocenters. The minimum Gasteiger partial charge on any atom is -0.484 e. The van der Waals surface area contributed by atoms with E-state index in [1.165, 1.54) is 5.56 Å². The highest BCUT2D eigenvalue weighted by molar-refractivity contribution is 5.95. The van der Waals surface area contributed by atoms with Gasteiger partial charge in [-0.25, -0.2) is 0 Å². The van der Waals surface area contributed by atoms with Crippen molar-refractivity contribution in [3.63, 3.8) is 0 Å². The van der Waals surface area contributed by atoms with Crippen molar-refractivity contribution in [1.29, 1.82) is 0 Å². The summed E-state index contributed by atoms with van der Waals surface area (Å²) in [4.78, 5) is 24.0. The van der Waals surface area contributed by atoms with Crippen LogP contribution in [0.3, 0.4) is 0 Å². The summed E-state index contributed by atoms with van der Waals surface area (Å²) >= 11 is 0. The van der Waals surface area contributed by atoms with Gasteiger partial charge in [0.05, 0.1) is 0 Å². The second-order valence-electron chi connectivity index (χ2n) is 6.40. The van der Waals surface area contributed by atoms with Crippen LogP contribution in [-0.2, 0) is 20.7 Å². The van der Waals surface area contributed by atoms with Gasteiger partial charge >= 0.3 is 0 Å². The van der Waals surface area contributed by atoms with E-state index in [0.717, 1.165) is 19.3 Å². The molecule has 2 amide bonds. The number of rotatable bonds is 7. The molecular formula is C21H24N2O4. The molecule has 0 spiro atoms. The molecule has 6 heteroatoms. The van der Waals surface area contributed by atoms with Crippen LogP contribution in [0, 0.1) is 0 Å². The number of carbonyl (C=O) groups is 2. The van der Waals surface area contributed by atoms with Crippen LogP contribution in [0.1, 0.15) is 25.3 Å². The topological polar surface area (TPSA) is 76.7 Å². The largest absolute Gasteiger partial charge is 0.484 e. The summed E-state index contributed by atoms with van der Waals surface area (Å²) in [6, 6.07) is 14.6. The fourth-order valence-electron chi connectivity index (χ4n) is 2.81. The maximum Gasteiger partial charge on any atom is 0.262 e. The summed E-state index contributed by atoms with van der Waals surface area (Å²) in [7, 11) is 0.